The van der Waals surface area contributed by atoms with Gasteiger partial charge in [0, 0.05) is 0 Å². The minimum atomic E-state index is -0.715. The second-order valence-corrected chi connectivity index (χ2v) is 12.7. The molecule has 4 saturated carbocycles. The lowest BCUT2D eigenvalue weighted by Crippen LogP contribution is -2.62. The minimum Gasteiger partial charge on any atom is -0.481 e. The highest BCUT2D eigenvalue weighted by atomic mass is 16.4. The van der Waals surface area contributed by atoms with E-state index in [2.05, 4.69) is 20.8 Å². The van der Waals surface area contributed by atoms with Crippen molar-refractivity contribution in [3.05, 3.63) is 0 Å². The summed E-state index contributed by atoms with van der Waals surface area (Å²) in [6.45, 7) is 8.74. The molecular weight excluding hydrogens is 404 g/mol. The maximum Gasteiger partial charge on any atom is 0.306 e. The average Bonchev–Trinajstić information content (AvgIpc) is 3.08. The third-order valence-corrected chi connectivity index (χ3v) is 11.2. The lowest BCUT2D eigenvalue weighted by molar-refractivity contribution is -0.207. The molecule has 0 aliphatic heterocycles. The molecule has 32 heavy (non-hydrogen) atoms. The highest BCUT2D eigenvalue weighted by Gasteiger charge is 2.65. The summed E-state index contributed by atoms with van der Waals surface area (Å²) in [6.07, 6.45) is 8.11. The zero-order valence-electron chi connectivity index (χ0n) is 20.5. The van der Waals surface area contributed by atoms with Crippen molar-refractivity contribution in [3.63, 3.8) is 0 Å². The summed E-state index contributed by atoms with van der Waals surface area (Å²) >= 11 is 0. The molecule has 5 heteroatoms. The molecule has 12 atom stereocenters. The largest absolute Gasteiger partial charge is 0.481 e. The van der Waals surface area contributed by atoms with Crippen LogP contribution >= 0.6 is 0 Å². The molecule has 0 aromatic rings. The van der Waals surface area contributed by atoms with Gasteiger partial charge in [-0.05, 0) is 97.7 Å². The molecule has 0 aromatic carbocycles. The molecule has 0 radical (unpaired) electrons. The lowest BCUT2D eigenvalue weighted by Gasteiger charge is -2.63. The van der Waals surface area contributed by atoms with Gasteiger partial charge >= 0.3 is 5.97 Å². The zero-order valence-corrected chi connectivity index (χ0v) is 20.5. The molecule has 0 aromatic heterocycles. The monoisotopic (exact) mass is 450 g/mol. The lowest BCUT2D eigenvalue weighted by atomic mass is 9.43. The number of carbonyl (C=O) groups is 1. The van der Waals surface area contributed by atoms with Gasteiger partial charge in [0.1, 0.15) is 0 Å². The number of carboxylic acids is 1. The summed E-state index contributed by atoms with van der Waals surface area (Å²) in [5.74, 6) is 1.16. The van der Waals surface area contributed by atoms with E-state index in [0.717, 1.165) is 57.8 Å². The number of aliphatic carboxylic acids is 1. The summed E-state index contributed by atoms with van der Waals surface area (Å²) in [5, 5.41) is 42.4. The number of hydrogen-bond donors (Lipinski definition) is 4. The summed E-state index contributed by atoms with van der Waals surface area (Å²) in [6, 6.07) is 0. The standard InChI is InChI=1S/C27H46O5/c1-15(6-5-7-16(2)25(31)32)19-8-9-20-24-21(14-23(30)27(19,20)4)26(3)11-10-18(28)12-17(26)13-22(24)29/h15-24,28-30H,5-14H2,1-4H3,(H,31,32)/t15-,16?,17?,18-,19-,20+,21+,22-,23+,24+,26+,27-/m1/s1. The number of carboxylic acid groups (broad SMARTS) is 1. The Hall–Kier alpha value is -0.650. The van der Waals surface area contributed by atoms with E-state index in [1.54, 1.807) is 6.92 Å². The fraction of sp³-hybridized carbons (Fsp3) is 0.963. The second kappa shape index (κ2) is 8.85. The van der Waals surface area contributed by atoms with Crippen LogP contribution in [-0.4, -0.2) is 44.7 Å². The van der Waals surface area contributed by atoms with Crippen molar-refractivity contribution in [2.24, 2.45) is 52.3 Å². The van der Waals surface area contributed by atoms with Crippen LogP contribution in [0.15, 0.2) is 0 Å². The average molecular weight is 451 g/mol. The molecule has 4 aliphatic carbocycles. The van der Waals surface area contributed by atoms with E-state index in [4.69, 9.17) is 0 Å². The first kappa shape index (κ1) is 24.5. The van der Waals surface area contributed by atoms with Gasteiger partial charge in [0.25, 0.3) is 0 Å². The van der Waals surface area contributed by atoms with Gasteiger partial charge < -0.3 is 20.4 Å². The molecule has 4 N–H and O–H groups in total. The van der Waals surface area contributed by atoms with Gasteiger partial charge in [0.05, 0.1) is 24.2 Å². The Kier molecular flexibility index (Phi) is 6.77. The van der Waals surface area contributed by atoms with Crippen LogP contribution in [0.2, 0.25) is 0 Å². The van der Waals surface area contributed by atoms with Crippen LogP contribution in [0.1, 0.15) is 91.9 Å². The predicted octanol–water partition coefficient (Wildman–Crippen LogP) is 4.47. The molecule has 0 spiro atoms. The van der Waals surface area contributed by atoms with Gasteiger partial charge in [-0.25, -0.2) is 0 Å². The topological polar surface area (TPSA) is 98.0 Å². The summed E-state index contributed by atoms with van der Waals surface area (Å²) < 4.78 is 0. The molecule has 0 saturated heterocycles. The van der Waals surface area contributed by atoms with Crippen LogP contribution in [0, 0.1) is 52.3 Å². The molecular formula is C27H46O5. The van der Waals surface area contributed by atoms with Crippen molar-refractivity contribution in [2.75, 3.05) is 0 Å². The normalized spacial score (nSPS) is 50.1. The summed E-state index contributed by atoms with van der Waals surface area (Å²) in [7, 11) is 0. The van der Waals surface area contributed by atoms with Crippen LogP contribution in [-0.2, 0) is 4.79 Å². The van der Waals surface area contributed by atoms with Crippen LogP contribution in [0.5, 0.6) is 0 Å². The van der Waals surface area contributed by atoms with Crippen molar-refractivity contribution >= 4 is 5.97 Å². The number of aliphatic hydroxyl groups excluding tert-OH is 3. The van der Waals surface area contributed by atoms with Gasteiger partial charge in [0.2, 0.25) is 0 Å². The molecule has 4 fully saturated rings. The number of hydrogen-bond acceptors (Lipinski definition) is 4. The van der Waals surface area contributed by atoms with Crippen LogP contribution < -0.4 is 0 Å². The number of rotatable bonds is 6. The SMILES string of the molecule is CC(CCC[C@@H](C)[C@H]1CC[C@H]2[C@@H]3[C@H](O)CC4C[C@H](O)CC[C@]4(C)[C@H]3C[C@H](O)[C@]12C)C(=O)O. The summed E-state index contributed by atoms with van der Waals surface area (Å²) in [4.78, 5) is 11.2. The Morgan fingerprint density at radius 2 is 1.69 bits per heavy atom. The van der Waals surface area contributed by atoms with E-state index in [9.17, 15) is 25.2 Å². The Balaban J connectivity index is 1.51. The zero-order chi connectivity index (χ0) is 23.4. The first-order valence-corrected chi connectivity index (χ1v) is 13.3. The van der Waals surface area contributed by atoms with Gasteiger partial charge in [0.15, 0.2) is 0 Å². The molecule has 4 aliphatic rings. The van der Waals surface area contributed by atoms with Crippen molar-refractivity contribution in [2.45, 2.75) is 110 Å². The fourth-order valence-electron chi connectivity index (χ4n) is 9.20. The van der Waals surface area contributed by atoms with Gasteiger partial charge in [-0.15, -0.1) is 0 Å². The smallest absolute Gasteiger partial charge is 0.306 e. The Labute approximate surface area is 194 Å². The molecule has 4 rings (SSSR count). The maximum absolute atomic E-state index is 11.6. The number of fused-ring (bicyclic) bond motifs is 5. The highest BCUT2D eigenvalue weighted by Crippen LogP contribution is 2.68. The number of aliphatic hydroxyl groups is 3. The van der Waals surface area contributed by atoms with Crippen molar-refractivity contribution in [1.82, 2.24) is 0 Å². The second-order valence-electron chi connectivity index (χ2n) is 12.7. The molecule has 0 bridgehead atoms. The fourth-order valence-corrected chi connectivity index (χ4v) is 9.20. The molecule has 2 unspecified atom stereocenters. The van der Waals surface area contributed by atoms with Gasteiger partial charge in [-0.3, -0.25) is 4.79 Å². The van der Waals surface area contributed by atoms with Crippen LogP contribution in [0.3, 0.4) is 0 Å². The van der Waals surface area contributed by atoms with Gasteiger partial charge in [-0.1, -0.05) is 40.5 Å². The van der Waals surface area contributed by atoms with Gasteiger partial charge in [-0.2, -0.15) is 0 Å². The van der Waals surface area contributed by atoms with Crippen LogP contribution in [0.25, 0.3) is 0 Å². The maximum atomic E-state index is 11.6. The Morgan fingerprint density at radius 3 is 2.38 bits per heavy atom. The van der Waals surface area contributed by atoms with E-state index in [-0.39, 0.29) is 41.0 Å². The Morgan fingerprint density at radius 1 is 0.969 bits per heavy atom. The van der Waals surface area contributed by atoms with Crippen molar-refractivity contribution in [3.8, 4) is 0 Å². The first-order chi connectivity index (χ1) is 15.0. The van der Waals surface area contributed by atoms with Crippen molar-refractivity contribution < 1.29 is 25.2 Å². The molecule has 0 amide bonds. The molecule has 0 heterocycles. The predicted molar refractivity (Wildman–Crippen MR) is 124 cm³/mol. The van der Waals surface area contributed by atoms with E-state index in [0.29, 0.717) is 36.0 Å². The third kappa shape index (κ3) is 3.84. The van der Waals surface area contributed by atoms with E-state index < -0.39 is 5.97 Å². The Bertz CT molecular complexity index is 696. The van der Waals surface area contributed by atoms with E-state index in [1.165, 1.54) is 0 Å². The highest BCUT2D eigenvalue weighted by molar-refractivity contribution is 5.69. The van der Waals surface area contributed by atoms with E-state index in [1.807, 2.05) is 0 Å². The van der Waals surface area contributed by atoms with E-state index >= 15 is 0 Å². The third-order valence-electron chi connectivity index (χ3n) is 11.2. The minimum absolute atomic E-state index is 0.113. The quantitative estimate of drug-likeness (QED) is 0.478. The summed E-state index contributed by atoms with van der Waals surface area (Å²) in [5.41, 5.74) is -0.0561. The van der Waals surface area contributed by atoms with Crippen LogP contribution in [0.4, 0.5) is 0 Å². The van der Waals surface area contributed by atoms with Crippen molar-refractivity contribution in [1.29, 1.82) is 0 Å². The molecule has 5 nitrogen and oxygen atoms in total. The molecule has 184 valence electrons. The first-order valence-electron chi connectivity index (χ1n) is 13.3.